The minimum absolute atomic E-state index is 1.14. The smallest absolute Gasteiger partial charge is 0.180 e. The summed E-state index contributed by atoms with van der Waals surface area (Å²) >= 11 is 0. The van der Waals surface area contributed by atoms with Crippen LogP contribution in [0.25, 0.3) is 93.6 Å². The zero-order valence-electron chi connectivity index (χ0n) is 38.3. The SMILES string of the molecule is c1ccc(-c2ccccc2-n2c3ccccc3c3cccc(-n4c5ccccc5c5c([Si](c6ccccc6)(c6ccccc6)c6ccc7c(c6)c6ccccc6n7-c6ccccc6)cccc54)c32)cc1. The first-order valence-electron chi connectivity index (χ1n) is 24.2. The highest BCUT2D eigenvalue weighted by Gasteiger charge is 2.43. The standard InChI is InChI=1S/C66H45N3Si/c1-5-23-46(24-6-1)51-31-13-17-36-57(51)69-59-38-19-14-32-52(59)54-35-21-41-63(66(54)69)68-60-39-20-16-34-55(60)65-62(68)40-22-42-64(65)70(48-27-9-3-10-28-48,49-29-11-4-12-30-49)50-43-44-61-56(45-50)53-33-15-18-37-58(53)67(61)47-25-7-2-8-26-47/h1-45H. The van der Waals surface area contributed by atoms with Crippen LogP contribution in [0.4, 0.5) is 0 Å². The van der Waals surface area contributed by atoms with Gasteiger partial charge in [0.15, 0.2) is 8.07 Å². The molecule has 0 aliphatic carbocycles. The summed E-state index contributed by atoms with van der Waals surface area (Å²) in [5.74, 6) is 0. The molecule has 0 bridgehead atoms. The highest BCUT2D eigenvalue weighted by molar-refractivity contribution is 7.21. The van der Waals surface area contributed by atoms with E-state index < -0.39 is 8.07 Å². The van der Waals surface area contributed by atoms with Crippen molar-refractivity contribution >= 4 is 94.2 Å². The van der Waals surface area contributed by atoms with Gasteiger partial charge >= 0.3 is 0 Å². The number of nitrogens with zero attached hydrogens (tertiary/aromatic N) is 3. The Morgan fingerprint density at radius 3 is 1.46 bits per heavy atom. The summed E-state index contributed by atoms with van der Waals surface area (Å²) in [5.41, 5.74) is 13.0. The Hall–Kier alpha value is -8.96. The lowest BCUT2D eigenvalue weighted by molar-refractivity contribution is 1.13. The fraction of sp³-hybridized carbons (Fsp3) is 0. The number of hydrogen-bond donors (Lipinski definition) is 0. The molecule has 14 aromatic rings. The molecular weight excluding hydrogens is 863 g/mol. The molecule has 4 heteroatoms. The molecule has 0 spiro atoms. The van der Waals surface area contributed by atoms with Gasteiger partial charge in [0.2, 0.25) is 0 Å². The summed E-state index contributed by atoms with van der Waals surface area (Å²) < 4.78 is 7.50. The zero-order valence-corrected chi connectivity index (χ0v) is 39.3. The van der Waals surface area contributed by atoms with Crippen molar-refractivity contribution in [1.82, 2.24) is 13.7 Å². The van der Waals surface area contributed by atoms with Crippen LogP contribution in [0.5, 0.6) is 0 Å². The van der Waals surface area contributed by atoms with Gasteiger partial charge in [-0.3, -0.25) is 0 Å². The van der Waals surface area contributed by atoms with Crippen molar-refractivity contribution in [3.63, 3.8) is 0 Å². The van der Waals surface area contributed by atoms with E-state index in [0.717, 1.165) is 17.1 Å². The third-order valence-corrected chi connectivity index (χ3v) is 19.6. The van der Waals surface area contributed by atoms with E-state index in [1.165, 1.54) is 97.3 Å². The van der Waals surface area contributed by atoms with Crippen LogP contribution in [0.3, 0.4) is 0 Å². The second-order valence-corrected chi connectivity index (χ2v) is 22.1. The summed E-state index contributed by atoms with van der Waals surface area (Å²) in [7, 11) is -3.16. The maximum atomic E-state index is 2.56. The number of hydrogen-bond acceptors (Lipinski definition) is 0. The fourth-order valence-corrected chi connectivity index (χ4v) is 17.0. The van der Waals surface area contributed by atoms with Crippen LogP contribution in [0.2, 0.25) is 0 Å². The van der Waals surface area contributed by atoms with E-state index in [-0.39, 0.29) is 0 Å². The van der Waals surface area contributed by atoms with E-state index in [0.29, 0.717) is 0 Å². The third-order valence-electron chi connectivity index (χ3n) is 14.8. The Labute approximate surface area is 407 Å². The van der Waals surface area contributed by atoms with Gasteiger partial charge in [-0.25, -0.2) is 0 Å². The van der Waals surface area contributed by atoms with Gasteiger partial charge in [0.25, 0.3) is 0 Å². The molecule has 0 radical (unpaired) electrons. The minimum atomic E-state index is -3.16. The maximum absolute atomic E-state index is 3.16. The van der Waals surface area contributed by atoms with Gasteiger partial charge in [-0.05, 0) is 80.9 Å². The van der Waals surface area contributed by atoms with Crippen molar-refractivity contribution in [2.24, 2.45) is 0 Å². The van der Waals surface area contributed by atoms with Crippen molar-refractivity contribution in [3.05, 3.63) is 273 Å². The average Bonchev–Trinajstić information content (AvgIpc) is 4.08. The molecule has 0 atom stereocenters. The highest BCUT2D eigenvalue weighted by Crippen LogP contribution is 2.42. The first-order valence-corrected chi connectivity index (χ1v) is 26.2. The lowest BCUT2D eigenvalue weighted by atomic mass is 10.0. The van der Waals surface area contributed by atoms with Gasteiger partial charge in [0.05, 0.1) is 44.5 Å². The van der Waals surface area contributed by atoms with Gasteiger partial charge in [-0.2, -0.15) is 0 Å². The molecule has 0 aliphatic rings. The number of benzene rings is 11. The molecule has 328 valence electrons. The van der Waals surface area contributed by atoms with Crippen LogP contribution in [-0.2, 0) is 0 Å². The molecule has 0 aliphatic heterocycles. The van der Waals surface area contributed by atoms with E-state index in [9.17, 15) is 0 Å². The minimum Gasteiger partial charge on any atom is -0.309 e. The maximum Gasteiger partial charge on any atom is 0.180 e. The Bertz CT molecular complexity index is 4240. The summed E-state index contributed by atoms with van der Waals surface area (Å²) in [5, 5.41) is 12.9. The van der Waals surface area contributed by atoms with Crippen molar-refractivity contribution < 1.29 is 0 Å². The van der Waals surface area contributed by atoms with Crippen molar-refractivity contribution in [3.8, 4) is 28.2 Å². The largest absolute Gasteiger partial charge is 0.309 e. The molecule has 3 heterocycles. The van der Waals surface area contributed by atoms with Crippen LogP contribution in [0.1, 0.15) is 0 Å². The fourth-order valence-electron chi connectivity index (χ4n) is 12.0. The zero-order chi connectivity index (χ0) is 46.2. The first kappa shape index (κ1) is 40.1. The normalized spacial score (nSPS) is 12.0. The molecule has 70 heavy (non-hydrogen) atoms. The Morgan fingerprint density at radius 1 is 0.271 bits per heavy atom. The average molecular weight is 908 g/mol. The van der Waals surface area contributed by atoms with E-state index in [1.54, 1.807) is 0 Å². The number of para-hydroxylation sites is 6. The number of rotatable bonds is 8. The lowest BCUT2D eigenvalue weighted by Gasteiger charge is -2.35. The van der Waals surface area contributed by atoms with Gasteiger partial charge in [-0.15, -0.1) is 0 Å². The molecule has 0 unspecified atom stereocenters. The Morgan fingerprint density at radius 2 is 0.757 bits per heavy atom. The molecular formula is C66H45N3Si. The van der Waals surface area contributed by atoms with Crippen molar-refractivity contribution in [1.29, 1.82) is 0 Å². The summed E-state index contributed by atoms with van der Waals surface area (Å²) in [6.45, 7) is 0. The molecule has 3 aromatic heterocycles. The second-order valence-electron chi connectivity index (χ2n) is 18.4. The van der Waals surface area contributed by atoms with E-state index in [4.69, 9.17) is 0 Å². The van der Waals surface area contributed by atoms with Gasteiger partial charge in [0, 0.05) is 43.6 Å². The van der Waals surface area contributed by atoms with Crippen LogP contribution in [0, 0.1) is 0 Å². The van der Waals surface area contributed by atoms with E-state index >= 15 is 0 Å². The van der Waals surface area contributed by atoms with Crippen LogP contribution in [-0.4, -0.2) is 21.8 Å². The van der Waals surface area contributed by atoms with Crippen LogP contribution < -0.4 is 20.7 Å². The predicted octanol–water partition coefficient (Wildman–Crippen LogP) is 14.0. The molecule has 11 aromatic carbocycles. The topological polar surface area (TPSA) is 14.8 Å². The molecule has 0 fully saturated rings. The molecule has 14 rings (SSSR count). The van der Waals surface area contributed by atoms with Crippen molar-refractivity contribution in [2.45, 2.75) is 0 Å². The molecule has 3 nitrogen and oxygen atoms in total. The summed E-state index contributed by atoms with van der Waals surface area (Å²) in [6.07, 6.45) is 0. The number of aromatic nitrogens is 3. The summed E-state index contributed by atoms with van der Waals surface area (Å²) in [4.78, 5) is 0. The lowest BCUT2D eigenvalue weighted by Crippen LogP contribution is -2.74. The van der Waals surface area contributed by atoms with Crippen LogP contribution in [0.15, 0.2) is 273 Å². The van der Waals surface area contributed by atoms with E-state index in [1.807, 2.05) is 0 Å². The third kappa shape index (κ3) is 5.87. The van der Waals surface area contributed by atoms with Gasteiger partial charge < -0.3 is 13.7 Å². The second kappa shape index (κ2) is 16.1. The molecule has 0 saturated heterocycles. The number of fused-ring (bicyclic) bond motifs is 9. The van der Waals surface area contributed by atoms with E-state index in [2.05, 4.69) is 287 Å². The Balaban J connectivity index is 1.11. The quantitative estimate of drug-likeness (QED) is 0.107. The van der Waals surface area contributed by atoms with Crippen LogP contribution >= 0.6 is 0 Å². The predicted molar refractivity (Wildman–Crippen MR) is 299 cm³/mol. The molecule has 0 N–H and O–H groups in total. The monoisotopic (exact) mass is 907 g/mol. The first-order chi connectivity index (χ1) is 34.8. The highest BCUT2D eigenvalue weighted by atomic mass is 28.3. The summed E-state index contributed by atoms with van der Waals surface area (Å²) in [6, 6.07) is 102. The molecule has 0 saturated carbocycles. The Kier molecular flexibility index (Phi) is 9.23. The van der Waals surface area contributed by atoms with Gasteiger partial charge in [-0.1, -0.05) is 218 Å². The molecule has 0 amide bonds. The van der Waals surface area contributed by atoms with Gasteiger partial charge in [0.1, 0.15) is 0 Å². The van der Waals surface area contributed by atoms with Crippen molar-refractivity contribution in [2.75, 3.05) is 0 Å².